The van der Waals surface area contributed by atoms with Crippen molar-refractivity contribution in [2.75, 3.05) is 11.9 Å². The summed E-state index contributed by atoms with van der Waals surface area (Å²) in [4.78, 5) is 27.3. The van der Waals surface area contributed by atoms with Gasteiger partial charge in [0.25, 0.3) is 5.91 Å². The molecule has 1 amide bonds. The topological polar surface area (TPSA) is 97.0 Å². The number of carbonyl (C=O) groups excluding carboxylic acids is 2. The van der Waals surface area contributed by atoms with Crippen molar-refractivity contribution >= 4 is 28.3 Å². The van der Waals surface area contributed by atoms with Crippen molar-refractivity contribution in [1.82, 2.24) is 15.2 Å². The Morgan fingerprint density at radius 3 is 2.57 bits per heavy atom. The first-order valence-electron chi connectivity index (χ1n) is 7.36. The monoisotopic (exact) mass is 336 g/mol. The Kier molecular flexibility index (Phi) is 5.15. The van der Waals surface area contributed by atoms with Gasteiger partial charge in [-0.3, -0.25) is 10.1 Å². The van der Waals surface area contributed by atoms with Crippen molar-refractivity contribution < 1.29 is 14.3 Å². The van der Waals surface area contributed by atoms with E-state index in [0.717, 1.165) is 5.01 Å². The van der Waals surface area contributed by atoms with E-state index in [1.54, 1.807) is 20.8 Å². The number of ether oxygens (including phenoxy) is 1. The van der Waals surface area contributed by atoms with Crippen LogP contribution in [0.3, 0.4) is 0 Å². The maximum absolute atomic E-state index is 12.5. The Morgan fingerprint density at radius 1 is 1.30 bits per heavy atom. The number of carbonyl (C=O) groups is 2. The molecular formula is C15H20N4O3S. The molecule has 0 bridgehead atoms. The summed E-state index contributed by atoms with van der Waals surface area (Å²) in [6.07, 6.45) is 0. The lowest BCUT2D eigenvalue weighted by atomic mass is 10.1. The molecule has 124 valence electrons. The van der Waals surface area contributed by atoms with Crippen LogP contribution in [0.2, 0.25) is 0 Å². The van der Waals surface area contributed by atoms with E-state index in [1.165, 1.54) is 11.3 Å². The number of hydrogen-bond acceptors (Lipinski definition) is 6. The summed E-state index contributed by atoms with van der Waals surface area (Å²) in [6.45, 7) is 9.49. The van der Waals surface area contributed by atoms with Gasteiger partial charge in [-0.25, -0.2) is 4.79 Å². The van der Waals surface area contributed by atoms with Gasteiger partial charge in [0, 0.05) is 11.6 Å². The van der Waals surface area contributed by atoms with E-state index in [4.69, 9.17) is 4.74 Å². The molecule has 0 fully saturated rings. The Morgan fingerprint density at radius 2 is 2.00 bits per heavy atom. The molecule has 7 nitrogen and oxygen atoms in total. The third-order valence-corrected chi connectivity index (χ3v) is 4.44. The standard InChI is InChI=1S/C15H20N4O3S/c1-6-22-14(21)11-8(4)10(9(5)16-11)12(20)17-15-19-18-13(23-15)7(2)3/h7,16H,6H2,1-5H3,(H,17,19,20). The quantitative estimate of drug-likeness (QED) is 0.818. The van der Waals surface area contributed by atoms with Gasteiger partial charge in [-0.1, -0.05) is 25.2 Å². The van der Waals surface area contributed by atoms with E-state index >= 15 is 0 Å². The van der Waals surface area contributed by atoms with Gasteiger partial charge >= 0.3 is 5.97 Å². The first kappa shape index (κ1) is 17.1. The van der Waals surface area contributed by atoms with E-state index in [2.05, 4.69) is 20.5 Å². The van der Waals surface area contributed by atoms with E-state index in [9.17, 15) is 9.59 Å². The minimum Gasteiger partial charge on any atom is -0.461 e. The van der Waals surface area contributed by atoms with Gasteiger partial charge in [-0.15, -0.1) is 10.2 Å². The number of aromatic amines is 1. The van der Waals surface area contributed by atoms with Crippen LogP contribution in [0.25, 0.3) is 0 Å². The SMILES string of the molecule is CCOC(=O)c1[nH]c(C)c(C(=O)Nc2nnc(C(C)C)s2)c1C. The molecule has 23 heavy (non-hydrogen) atoms. The number of amides is 1. The van der Waals surface area contributed by atoms with Crippen LogP contribution < -0.4 is 5.32 Å². The molecule has 2 aromatic heterocycles. The summed E-state index contributed by atoms with van der Waals surface area (Å²) in [5, 5.41) is 12.0. The van der Waals surface area contributed by atoms with Crippen molar-refractivity contribution in [2.45, 2.75) is 40.5 Å². The Hall–Kier alpha value is -2.22. The number of hydrogen-bond donors (Lipinski definition) is 2. The number of rotatable bonds is 5. The Balaban J connectivity index is 2.23. The molecule has 0 aromatic carbocycles. The van der Waals surface area contributed by atoms with Gasteiger partial charge in [0.1, 0.15) is 10.7 Å². The molecule has 0 radical (unpaired) electrons. The number of esters is 1. The zero-order valence-electron chi connectivity index (χ0n) is 13.8. The molecule has 2 N–H and O–H groups in total. The summed E-state index contributed by atoms with van der Waals surface area (Å²) in [7, 11) is 0. The first-order chi connectivity index (χ1) is 10.8. The lowest BCUT2D eigenvalue weighted by Crippen LogP contribution is -2.14. The molecular weight excluding hydrogens is 316 g/mol. The average Bonchev–Trinajstić information content (AvgIpc) is 3.04. The summed E-state index contributed by atoms with van der Waals surface area (Å²) < 4.78 is 4.98. The molecule has 2 aromatic rings. The third-order valence-electron chi connectivity index (χ3n) is 3.30. The molecule has 0 aliphatic heterocycles. The second-order valence-corrected chi connectivity index (χ2v) is 6.41. The highest BCUT2D eigenvalue weighted by Gasteiger charge is 2.23. The van der Waals surface area contributed by atoms with Crippen molar-refractivity contribution in [1.29, 1.82) is 0 Å². The van der Waals surface area contributed by atoms with Gasteiger partial charge < -0.3 is 9.72 Å². The largest absolute Gasteiger partial charge is 0.461 e. The highest BCUT2D eigenvalue weighted by atomic mass is 32.1. The number of nitrogens with one attached hydrogen (secondary N) is 2. The van der Waals surface area contributed by atoms with Crippen LogP contribution in [0.5, 0.6) is 0 Å². The molecule has 2 heterocycles. The predicted octanol–water partition coefficient (Wildman–Crippen LogP) is 3.04. The number of aromatic nitrogens is 3. The van der Waals surface area contributed by atoms with Crippen molar-refractivity contribution in [3.8, 4) is 0 Å². The zero-order valence-corrected chi connectivity index (χ0v) is 14.6. The molecule has 0 atom stereocenters. The van der Waals surface area contributed by atoms with Gasteiger partial charge in [0.15, 0.2) is 0 Å². The second kappa shape index (κ2) is 6.91. The van der Waals surface area contributed by atoms with Gasteiger partial charge in [0.2, 0.25) is 5.13 Å². The van der Waals surface area contributed by atoms with Gasteiger partial charge in [0.05, 0.1) is 12.2 Å². The average molecular weight is 336 g/mol. The summed E-state index contributed by atoms with van der Waals surface area (Å²) in [5.74, 6) is -0.535. The van der Waals surface area contributed by atoms with Crippen molar-refractivity contribution in [3.05, 3.63) is 27.5 Å². The van der Waals surface area contributed by atoms with E-state index in [1.807, 2.05) is 13.8 Å². The van der Waals surface area contributed by atoms with E-state index < -0.39 is 5.97 Å². The molecule has 2 rings (SSSR count). The van der Waals surface area contributed by atoms with Crippen molar-refractivity contribution in [2.24, 2.45) is 0 Å². The highest BCUT2D eigenvalue weighted by Crippen LogP contribution is 2.24. The first-order valence-corrected chi connectivity index (χ1v) is 8.17. The fraction of sp³-hybridized carbons (Fsp3) is 0.467. The van der Waals surface area contributed by atoms with E-state index in [0.29, 0.717) is 27.6 Å². The summed E-state index contributed by atoms with van der Waals surface area (Å²) in [5.41, 5.74) is 1.90. The fourth-order valence-corrected chi connectivity index (χ4v) is 2.92. The minimum atomic E-state index is -0.467. The van der Waals surface area contributed by atoms with Crippen LogP contribution in [0.4, 0.5) is 5.13 Å². The number of nitrogens with zero attached hydrogens (tertiary/aromatic N) is 2. The molecule has 0 aliphatic carbocycles. The lowest BCUT2D eigenvalue weighted by Gasteiger charge is -2.03. The van der Waals surface area contributed by atoms with Crippen molar-refractivity contribution in [3.63, 3.8) is 0 Å². The maximum Gasteiger partial charge on any atom is 0.355 e. The van der Waals surface area contributed by atoms with Crippen LogP contribution >= 0.6 is 11.3 Å². The molecule has 0 spiro atoms. The smallest absolute Gasteiger partial charge is 0.355 e. The summed E-state index contributed by atoms with van der Waals surface area (Å²) in [6, 6.07) is 0. The van der Waals surface area contributed by atoms with Gasteiger partial charge in [-0.2, -0.15) is 0 Å². The Bertz CT molecular complexity index is 733. The van der Waals surface area contributed by atoms with E-state index in [-0.39, 0.29) is 18.4 Å². The molecule has 0 saturated carbocycles. The van der Waals surface area contributed by atoms with Crippen LogP contribution in [-0.4, -0.2) is 33.7 Å². The van der Waals surface area contributed by atoms with Crippen LogP contribution in [0, 0.1) is 13.8 Å². The van der Waals surface area contributed by atoms with Gasteiger partial charge in [-0.05, 0) is 26.3 Å². The number of H-pyrrole nitrogens is 1. The lowest BCUT2D eigenvalue weighted by molar-refractivity contribution is 0.0519. The Labute approximate surface area is 138 Å². The number of anilines is 1. The molecule has 8 heteroatoms. The predicted molar refractivity (Wildman–Crippen MR) is 88.2 cm³/mol. The fourth-order valence-electron chi connectivity index (χ4n) is 2.18. The molecule has 0 aliphatic rings. The third kappa shape index (κ3) is 3.58. The highest BCUT2D eigenvalue weighted by molar-refractivity contribution is 7.15. The second-order valence-electron chi connectivity index (χ2n) is 5.40. The maximum atomic E-state index is 12.5. The summed E-state index contributed by atoms with van der Waals surface area (Å²) >= 11 is 1.34. The normalized spacial score (nSPS) is 10.9. The van der Waals surface area contributed by atoms with Crippen LogP contribution in [0.15, 0.2) is 0 Å². The van der Waals surface area contributed by atoms with Crippen LogP contribution in [0.1, 0.15) is 63.8 Å². The molecule has 0 saturated heterocycles. The minimum absolute atomic E-state index is 0.254. The zero-order chi connectivity index (χ0) is 17.1. The van der Waals surface area contributed by atoms with Crippen LogP contribution in [-0.2, 0) is 4.74 Å². The number of aryl methyl sites for hydroxylation is 1. The molecule has 0 unspecified atom stereocenters.